The molecule has 18 heavy (non-hydrogen) atoms. The standard InChI is InChI=1S/C17H35N/c1-4-7-9-17(18-14-6-3)16-12-10-15(8-5-2)11-13-16/h15-18H,4-14H2,1-3H3. The Morgan fingerprint density at radius 3 is 2.22 bits per heavy atom. The molecule has 0 amide bonds. The highest BCUT2D eigenvalue weighted by Gasteiger charge is 2.26. The summed E-state index contributed by atoms with van der Waals surface area (Å²) in [6.45, 7) is 8.14. The molecular formula is C17H35N. The van der Waals surface area contributed by atoms with Crippen molar-refractivity contribution in [2.45, 2.75) is 91.0 Å². The predicted octanol–water partition coefficient (Wildman–Crippen LogP) is 5.15. The van der Waals surface area contributed by atoms with Gasteiger partial charge in [0.1, 0.15) is 0 Å². The lowest BCUT2D eigenvalue weighted by Gasteiger charge is -2.34. The van der Waals surface area contributed by atoms with Crippen LogP contribution >= 0.6 is 0 Å². The van der Waals surface area contributed by atoms with Crippen LogP contribution in [0.2, 0.25) is 0 Å². The van der Waals surface area contributed by atoms with Gasteiger partial charge in [-0.25, -0.2) is 0 Å². The topological polar surface area (TPSA) is 12.0 Å². The third kappa shape index (κ3) is 5.73. The molecule has 1 N–H and O–H groups in total. The van der Waals surface area contributed by atoms with Gasteiger partial charge in [0.2, 0.25) is 0 Å². The number of unbranched alkanes of at least 4 members (excludes halogenated alkanes) is 1. The molecule has 1 aliphatic carbocycles. The first-order chi connectivity index (χ1) is 8.81. The van der Waals surface area contributed by atoms with Crippen molar-refractivity contribution in [3.63, 3.8) is 0 Å². The van der Waals surface area contributed by atoms with E-state index in [-0.39, 0.29) is 0 Å². The van der Waals surface area contributed by atoms with Crippen molar-refractivity contribution in [2.75, 3.05) is 6.54 Å². The smallest absolute Gasteiger partial charge is 0.00953 e. The summed E-state index contributed by atoms with van der Waals surface area (Å²) in [7, 11) is 0. The minimum absolute atomic E-state index is 0.812. The summed E-state index contributed by atoms with van der Waals surface area (Å²) in [5, 5.41) is 3.82. The Hall–Kier alpha value is -0.0400. The number of rotatable bonds is 9. The lowest BCUT2D eigenvalue weighted by Crippen LogP contribution is -2.38. The summed E-state index contributed by atoms with van der Waals surface area (Å²) >= 11 is 0. The van der Waals surface area contributed by atoms with Gasteiger partial charge in [-0.15, -0.1) is 0 Å². The van der Waals surface area contributed by atoms with Crippen LogP contribution in [0.1, 0.15) is 85.0 Å². The molecule has 1 nitrogen and oxygen atoms in total. The van der Waals surface area contributed by atoms with Crippen LogP contribution < -0.4 is 5.32 Å². The van der Waals surface area contributed by atoms with Crippen molar-refractivity contribution < 1.29 is 0 Å². The van der Waals surface area contributed by atoms with E-state index in [1.54, 1.807) is 0 Å². The summed E-state index contributed by atoms with van der Waals surface area (Å²) in [4.78, 5) is 0. The van der Waals surface area contributed by atoms with E-state index in [9.17, 15) is 0 Å². The number of nitrogens with one attached hydrogen (secondary N) is 1. The minimum atomic E-state index is 0.812. The number of hydrogen-bond donors (Lipinski definition) is 1. The largest absolute Gasteiger partial charge is 0.314 e. The third-order valence-electron chi connectivity index (χ3n) is 4.68. The van der Waals surface area contributed by atoms with E-state index in [0.717, 1.165) is 17.9 Å². The molecule has 1 saturated carbocycles. The molecule has 1 atom stereocenters. The van der Waals surface area contributed by atoms with Crippen molar-refractivity contribution in [2.24, 2.45) is 11.8 Å². The van der Waals surface area contributed by atoms with Crippen LogP contribution in [0.5, 0.6) is 0 Å². The minimum Gasteiger partial charge on any atom is -0.314 e. The van der Waals surface area contributed by atoms with Gasteiger partial charge in [0.15, 0.2) is 0 Å². The quantitative estimate of drug-likeness (QED) is 0.599. The Morgan fingerprint density at radius 1 is 0.944 bits per heavy atom. The molecular weight excluding hydrogens is 218 g/mol. The van der Waals surface area contributed by atoms with E-state index in [0.29, 0.717) is 0 Å². The van der Waals surface area contributed by atoms with Gasteiger partial charge >= 0.3 is 0 Å². The average Bonchev–Trinajstić information content (AvgIpc) is 2.41. The van der Waals surface area contributed by atoms with Gasteiger partial charge in [0.05, 0.1) is 0 Å². The van der Waals surface area contributed by atoms with Crippen LogP contribution in [-0.2, 0) is 0 Å². The highest BCUT2D eigenvalue weighted by Crippen LogP contribution is 2.34. The van der Waals surface area contributed by atoms with Gasteiger partial charge in [0.25, 0.3) is 0 Å². The zero-order valence-electron chi connectivity index (χ0n) is 13.0. The second-order valence-corrected chi connectivity index (χ2v) is 6.27. The molecule has 0 saturated heterocycles. The van der Waals surface area contributed by atoms with Crippen molar-refractivity contribution in [3.8, 4) is 0 Å². The summed E-state index contributed by atoms with van der Waals surface area (Å²) in [6, 6.07) is 0.812. The first-order valence-corrected chi connectivity index (χ1v) is 8.55. The lowest BCUT2D eigenvalue weighted by atomic mass is 9.76. The van der Waals surface area contributed by atoms with Crippen LogP contribution in [0.3, 0.4) is 0 Å². The summed E-state index contributed by atoms with van der Waals surface area (Å²) < 4.78 is 0. The SMILES string of the molecule is CCCCC(NCCC)C1CCC(CCC)CC1. The second kappa shape index (κ2) is 9.83. The van der Waals surface area contributed by atoms with Crippen molar-refractivity contribution in [1.29, 1.82) is 0 Å². The number of hydrogen-bond acceptors (Lipinski definition) is 1. The zero-order chi connectivity index (χ0) is 13.2. The van der Waals surface area contributed by atoms with Gasteiger partial charge in [-0.3, -0.25) is 0 Å². The normalized spacial score (nSPS) is 26.2. The van der Waals surface area contributed by atoms with E-state index in [2.05, 4.69) is 26.1 Å². The monoisotopic (exact) mass is 253 g/mol. The first-order valence-electron chi connectivity index (χ1n) is 8.55. The van der Waals surface area contributed by atoms with Gasteiger partial charge < -0.3 is 5.32 Å². The Balaban J connectivity index is 2.33. The van der Waals surface area contributed by atoms with Gasteiger partial charge in [-0.2, -0.15) is 0 Å². The van der Waals surface area contributed by atoms with E-state index in [4.69, 9.17) is 0 Å². The average molecular weight is 253 g/mol. The van der Waals surface area contributed by atoms with Crippen molar-refractivity contribution in [3.05, 3.63) is 0 Å². The molecule has 0 spiro atoms. The van der Waals surface area contributed by atoms with Crippen molar-refractivity contribution in [1.82, 2.24) is 5.32 Å². The van der Waals surface area contributed by atoms with Crippen LogP contribution in [0.25, 0.3) is 0 Å². The highest BCUT2D eigenvalue weighted by atomic mass is 14.9. The van der Waals surface area contributed by atoms with E-state index in [1.165, 1.54) is 70.8 Å². The lowest BCUT2D eigenvalue weighted by molar-refractivity contribution is 0.205. The molecule has 1 aliphatic rings. The molecule has 0 aromatic heterocycles. The molecule has 0 aromatic carbocycles. The summed E-state index contributed by atoms with van der Waals surface area (Å²) in [6.07, 6.45) is 14.2. The summed E-state index contributed by atoms with van der Waals surface area (Å²) in [5.74, 6) is 2.01. The van der Waals surface area contributed by atoms with Crippen molar-refractivity contribution >= 4 is 0 Å². The summed E-state index contributed by atoms with van der Waals surface area (Å²) in [5.41, 5.74) is 0. The molecule has 0 radical (unpaired) electrons. The van der Waals surface area contributed by atoms with Gasteiger partial charge in [-0.1, -0.05) is 59.3 Å². The molecule has 1 heteroatoms. The Morgan fingerprint density at radius 2 is 1.67 bits per heavy atom. The third-order valence-corrected chi connectivity index (χ3v) is 4.68. The molecule has 108 valence electrons. The van der Waals surface area contributed by atoms with Gasteiger partial charge in [0, 0.05) is 6.04 Å². The maximum Gasteiger partial charge on any atom is 0.00953 e. The Labute approximate surface area is 115 Å². The molecule has 1 rings (SSSR count). The fourth-order valence-electron chi connectivity index (χ4n) is 3.55. The van der Waals surface area contributed by atoms with Crippen LogP contribution in [0.15, 0.2) is 0 Å². The van der Waals surface area contributed by atoms with Gasteiger partial charge in [-0.05, 0) is 44.1 Å². The molecule has 0 aliphatic heterocycles. The van der Waals surface area contributed by atoms with E-state index in [1.807, 2.05) is 0 Å². The molecule has 0 aromatic rings. The second-order valence-electron chi connectivity index (χ2n) is 6.27. The molecule has 1 unspecified atom stereocenters. The maximum atomic E-state index is 3.82. The van der Waals surface area contributed by atoms with E-state index < -0.39 is 0 Å². The fraction of sp³-hybridized carbons (Fsp3) is 1.00. The predicted molar refractivity (Wildman–Crippen MR) is 82.0 cm³/mol. The Bertz CT molecular complexity index is 174. The Kier molecular flexibility index (Phi) is 8.75. The molecule has 0 heterocycles. The first kappa shape index (κ1) is 16.0. The molecule has 0 bridgehead atoms. The fourth-order valence-corrected chi connectivity index (χ4v) is 3.55. The zero-order valence-corrected chi connectivity index (χ0v) is 13.0. The highest BCUT2D eigenvalue weighted by molar-refractivity contribution is 4.82. The van der Waals surface area contributed by atoms with Crippen LogP contribution in [0, 0.1) is 11.8 Å². The maximum absolute atomic E-state index is 3.82. The van der Waals surface area contributed by atoms with E-state index >= 15 is 0 Å². The van der Waals surface area contributed by atoms with Crippen LogP contribution in [-0.4, -0.2) is 12.6 Å². The van der Waals surface area contributed by atoms with Crippen LogP contribution in [0.4, 0.5) is 0 Å². The molecule has 1 fully saturated rings.